The SMILES string of the molecule is C=C/C(=C/C=O)N(C)C(=O)c1cc(C)cc(Cl)c1. The lowest BCUT2D eigenvalue weighted by molar-refractivity contribution is -0.104. The van der Waals surface area contributed by atoms with Gasteiger partial charge in [0.05, 0.1) is 0 Å². The number of halogens is 1. The summed E-state index contributed by atoms with van der Waals surface area (Å²) in [6, 6.07) is 5.11. The van der Waals surface area contributed by atoms with Gasteiger partial charge in [0.1, 0.15) is 6.29 Å². The van der Waals surface area contributed by atoms with Crippen LogP contribution in [-0.4, -0.2) is 24.1 Å². The van der Waals surface area contributed by atoms with Gasteiger partial charge in [0.2, 0.25) is 0 Å². The zero-order valence-electron chi connectivity index (χ0n) is 10.3. The van der Waals surface area contributed by atoms with E-state index < -0.39 is 0 Å². The molecule has 4 heteroatoms. The van der Waals surface area contributed by atoms with Gasteiger partial charge >= 0.3 is 0 Å². The lowest BCUT2D eigenvalue weighted by Gasteiger charge is -2.18. The molecule has 1 rings (SSSR count). The number of hydrogen-bond acceptors (Lipinski definition) is 2. The molecule has 0 aliphatic carbocycles. The molecule has 0 saturated carbocycles. The molecule has 1 amide bonds. The van der Waals surface area contributed by atoms with Gasteiger partial charge in [-0.2, -0.15) is 0 Å². The second kappa shape index (κ2) is 6.17. The average Bonchev–Trinajstić information content (AvgIpc) is 2.33. The number of amides is 1. The van der Waals surface area contributed by atoms with Crippen molar-refractivity contribution >= 4 is 23.8 Å². The van der Waals surface area contributed by atoms with E-state index in [9.17, 15) is 9.59 Å². The number of aldehydes is 1. The number of nitrogens with zero attached hydrogens (tertiary/aromatic N) is 1. The largest absolute Gasteiger partial charge is 0.311 e. The number of carbonyl (C=O) groups is 2. The van der Waals surface area contributed by atoms with Crippen LogP contribution < -0.4 is 0 Å². The molecular formula is C14H14ClNO2. The number of benzene rings is 1. The van der Waals surface area contributed by atoms with Crippen LogP contribution in [0.1, 0.15) is 15.9 Å². The van der Waals surface area contributed by atoms with Gasteiger partial charge in [-0.25, -0.2) is 0 Å². The van der Waals surface area contributed by atoms with E-state index in [-0.39, 0.29) is 5.91 Å². The topological polar surface area (TPSA) is 37.4 Å². The second-order valence-corrected chi connectivity index (χ2v) is 4.25. The number of rotatable bonds is 4. The lowest BCUT2D eigenvalue weighted by Crippen LogP contribution is -2.25. The Hall–Kier alpha value is -1.87. The van der Waals surface area contributed by atoms with Crippen molar-refractivity contribution in [1.29, 1.82) is 0 Å². The standard InChI is InChI=1S/C14H14ClNO2/c1-4-13(5-6-17)16(3)14(18)11-7-10(2)8-12(15)9-11/h4-9H,1H2,2-3H3/b13-5-. The summed E-state index contributed by atoms with van der Waals surface area (Å²) in [6.45, 7) is 5.42. The fourth-order valence-corrected chi connectivity index (χ4v) is 1.85. The molecule has 0 aliphatic rings. The van der Waals surface area contributed by atoms with Crippen molar-refractivity contribution in [3.63, 3.8) is 0 Å². The van der Waals surface area contributed by atoms with Gasteiger partial charge in [-0.05, 0) is 36.8 Å². The van der Waals surface area contributed by atoms with Gasteiger partial charge in [0.15, 0.2) is 0 Å². The summed E-state index contributed by atoms with van der Waals surface area (Å²) in [6.07, 6.45) is 3.34. The van der Waals surface area contributed by atoms with Crippen LogP contribution in [0.25, 0.3) is 0 Å². The molecule has 0 unspecified atom stereocenters. The highest BCUT2D eigenvalue weighted by atomic mass is 35.5. The molecule has 0 aliphatic heterocycles. The zero-order chi connectivity index (χ0) is 13.7. The Morgan fingerprint density at radius 3 is 2.56 bits per heavy atom. The van der Waals surface area contributed by atoms with Crippen molar-refractivity contribution in [3.05, 3.63) is 58.8 Å². The Balaban J connectivity index is 3.09. The molecule has 0 bridgehead atoms. The number of hydrogen-bond donors (Lipinski definition) is 0. The van der Waals surface area contributed by atoms with Gasteiger partial charge in [-0.1, -0.05) is 18.2 Å². The van der Waals surface area contributed by atoms with Crippen molar-refractivity contribution in [2.45, 2.75) is 6.92 Å². The molecule has 18 heavy (non-hydrogen) atoms. The van der Waals surface area contributed by atoms with E-state index in [4.69, 9.17) is 11.6 Å². The fourth-order valence-electron chi connectivity index (χ4n) is 1.56. The Bertz CT molecular complexity index is 500. The number of aryl methyl sites for hydroxylation is 1. The molecule has 94 valence electrons. The molecule has 1 aromatic carbocycles. The van der Waals surface area contributed by atoms with Crippen molar-refractivity contribution < 1.29 is 9.59 Å². The summed E-state index contributed by atoms with van der Waals surface area (Å²) in [4.78, 5) is 24.0. The summed E-state index contributed by atoms with van der Waals surface area (Å²) in [5.74, 6) is -0.242. The summed E-state index contributed by atoms with van der Waals surface area (Å²) in [5.41, 5.74) is 1.81. The lowest BCUT2D eigenvalue weighted by atomic mass is 10.1. The Labute approximate surface area is 111 Å². The third kappa shape index (κ3) is 3.31. The van der Waals surface area contributed by atoms with Crippen molar-refractivity contribution in [3.8, 4) is 0 Å². The molecule has 0 fully saturated rings. The van der Waals surface area contributed by atoms with E-state index in [0.717, 1.165) is 5.56 Å². The van der Waals surface area contributed by atoms with Crippen LogP contribution in [0.15, 0.2) is 42.6 Å². The molecule has 0 radical (unpaired) electrons. The Morgan fingerprint density at radius 1 is 1.39 bits per heavy atom. The fraction of sp³-hybridized carbons (Fsp3) is 0.143. The highest BCUT2D eigenvalue weighted by Gasteiger charge is 2.14. The van der Waals surface area contributed by atoms with Gasteiger partial charge in [0, 0.05) is 29.4 Å². The summed E-state index contributed by atoms with van der Waals surface area (Å²) in [5, 5.41) is 0.506. The van der Waals surface area contributed by atoms with Crippen molar-refractivity contribution in [2.24, 2.45) is 0 Å². The van der Waals surface area contributed by atoms with Crippen LogP contribution in [0.4, 0.5) is 0 Å². The molecule has 0 atom stereocenters. The first kappa shape index (κ1) is 14.2. The molecule has 0 N–H and O–H groups in total. The Morgan fingerprint density at radius 2 is 2.06 bits per heavy atom. The zero-order valence-corrected chi connectivity index (χ0v) is 11.1. The minimum atomic E-state index is -0.242. The minimum Gasteiger partial charge on any atom is -0.311 e. The molecule has 0 aromatic heterocycles. The van der Waals surface area contributed by atoms with E-state index >= 15 is 0 Å². The van der Waals surface area contributed by atoms with Gasteiger partial charge in [-0.3, -0.25) is 9.59 Å². The van der Waals surface area contributed by atoms with Crippen LogP contribution in [0.5, 0.6) is 0 Å². The first-order chi connectivity index (χ1) is 8.49. The van der Waals surface area contributed by atoms with Crippen LogP contribution >= 0.6 is 11.6 Å². The van der Waals surface area contributed by atoms with E-state index in [2.05, 4.69) is 6.58 Å². The summed E-state index contributed by atoms with van der Waals surface area (Å²) < 4.78 is 0. The molecule has 0 spiro atoms. The van der Waals surface area contributed by atoms with Gasteiger partial charge in [0.25, 0.3) is 5.91 Å². The maximum absolute atomic E-state index is 12.2. The molecule has 3 nitrogen and oxygen atoms in total. The van der Waals surface area contributed by atoms with Gasteiger partial charge in [-0.15, -0.1) is 0 Å². The van der Waals surface area contributed by atoms with Crippen LogP contribution in [-0.2, 0) is 4.79 Å². The Kier molecular flexibility index (Phi) is 4.86. The number of likely N-dealkylation sites (N-methyl/N-ethyl adjacent to an activating group) is 1. The first-order valence-corrected chi connectivity index (χ1v) is 5.70. The van der Waals surface area contributed by atoms with Crippen LogP contribution in [0, 0.1) is 6.92 Å². The highest BCUT2D eigenvalue weighted by molar-refractivity contribution is 6.31. The monoisotopic (exact) mass is 263 g/mol. The molecule has 1 aromatic rings. The third-order valence-electron chi connectivity index (χ3n) is 2.43. The number of allylic oxidation sites excluding steroid dienone is 2. The predicted molar refractivity (Wildman–Crippen MR) is 72.6 cm³/mol. The predicted octanol–water partition coefficient (Wildman–Crippen LogP) is 2.99. The quantitative estimate of drug-likeness (QED) is 0.476. The van der Waals surface area contributed by atoms with E-state index in [0.29, 0.717) is 22.6 Å². The smallest absolute Gasteiger partial charge is 0.258 e. The summed E-state index contributed by atoms with van der Waals surface area (Å²) in [7, 11) is 1.58. The average molecular weight is 264 g/mol. The number of carbonyl (C=O) groups excluding carboxylic acids is 2. The van der Waals surface area contributed by atoms with E-state index in [1.54, 1.807) is 25.2 Å². The molecule has 0 heterocycles. The van der Waals surface area contributed by atoms with Gasteiger partial charge < -0.3 is 4.90 Å². The highest BCUT2D eigenvalue weighted by Crippen LogP contribution is 2.17. The van der Waals surface area contributed by atoms with Crippen molar-refractivity contribution in [2.75, 3.05) is 7.05 Å². The molecule has 0 saturated heterocycles. The van der Waals surface area contributed by atoms with Crippen LogP contribution in [0.2, 0.25) is 5.02 Å². The summed E-state index contributed by atoms with van der Waals surface area (Å²) >= 11 is 5.91. The molecular weight excluding hydrogens is 250 g/mol. The van der Waals surface area contributed by atoms with E-state index in [1.165, 1.54) is 17.1 Å². The van der Waals surface area contributed by atoms with Crippen molar-refractivity contribution in [1.82, 2.24) is 4.90 Å². The third-order valence-corrected chi connectivity index (χ3v) is 2.65. The second-order valence-electron chi connectivity index (χ2n) is 3.81. The maximum Gasteiger partial charge on any atom is 0.258 e. The first-order valence-electron chi connectivity index (χ1n) is 5.32. The van der Waals surface area contributed by atoms with E-state index in [1.807, 2.05) is 6.92 Å². The van der Waals surface area contributed by atoms with Crippen LogP contribution in [0.3, 0.4) is 0 Å². The maximum atomic E-state index is 12.2. The normalized spacial score (nSPS) is 10.9. The minimum absolute atomic E-state index is 0.242.